The predicted octanol–water partition coefficient (Wildman–Crippen LogP) is 4.78. The van der Waals surface area contributed by atoms with Gasteiger partial charge in [0, 0.05) is 95.0 Å². The molecule has 0 aliphatic carbocycles. The Bertz CT molecular complexity index is 1960. The number of nitriles is 1. The molecular formula is C42H51ClN10O3. The van der Waals surface area contributed by atoms with Gasteiger partial charge in [0.15, 0.2) is 0 Å². The molecule has 0 saturated carbocycles. The third-order valence-corrected chi connectivity index (χ3v) is 13.1. The van der Waals surface area contributed by atoms with Gasteiger partial charge in [-0.25, -0.2) is 9.97 Å². The molecule has 3 aromatic rings. The Morgan fingerprint density at radius 1 is 0.946 bits per heavy atom. The number of rotatable bonds is 8. The highest BCUT2D eigenvalue weighted by Crippen LogP contribution is 2.45. The van der Waals surface area contributed by atoms with Crippen molar-refractivity contribution in [2.24, 2.45) is 11.3 Å². The second kappa shape index (κ2) is 16.3. The summed E-state index contributed by atoms with van der Waals surface area (Å²) in [6.45, 7) is 11.4. The number of piperidine rings is 3. The summed E-state index contributed by atoms with van der Waals surface area (Å²) >= 11 is 6.37. The van der Waals surface area contributed by atoms with Crippen molar-refractivity contribution in [3.63, 3.8) is 0 Å². The molecule has 5 aliphatic heterocycles. The molecule has 1 aromatic heterocycles. The number of amides is 3. The summed E-state index contributed by atoms with van der Waals surface area (Å²) in [7, 11) is 0. The molecule has 2 aromatic carbocycles. The average molecular weight is 779 g/mol. The lowest BCUT2D eigenvalue weighted by molar-refractivity contribution is -0.133. The van der Waals surface area contributed by atoms with Gasteiger partial charge >= 0.3 is 0 Å². The molecule has 0 unspecified atom stereocenters. The van der Waals surface area contributed by atoms with Gasteiger partial charge in [0.2, 0.25) is 11.8 Å². The topological polar surface area (TPSA) is 141 Å². The molecule has 5 aliphatic rings. The maximum atomic E-state index is 13.5. The average Bonchev–Trinajstić information content (AvgIpc) is 3.54. The monoisotopic (exact) mass is 778 g/mol. The fraction of sp³-hybridized carbons (Fsp3) is 0.524. The second-order valence-electron chi connectivity index (χ2n) is 16.4. The normalized spacial score (nSPS) is 23.3. The van der Waals surface area contributed by atoms with Crippen molar-refractivity contribution in [2.45, 2.75) is 64.0 Å². The van der Waals surface area contributed by atoms with Gasteiger partial charge in [-0.05, 0) is 93.2 Å². The number of carbonyl (C=O) groups is 3. The Morgan fingerprint density at radius 3 is 2.43 bits per heavy atom. The Kier molecular flexibility index (Phi) is 11.0. The van der Waals surface area contributed by atoms with E-state index in [9.17, 15) is 19.6 Å². The zero-order valence-electron chi connectivity index (χ0n) is 32.1. The number of nitrogens with zero attached hydrogens (tertiary/aromatic N) is 8. The van der Waals surface area contributed by atoms with E-state index in [2.05, 4.69) is 60.3 Å². The fourth-order valence-electron chi connectivity index (χ4n) is 9.46. The van der Waals surface area contributed by atoms with Crippen molar-refractivity contribution in [2.75, 3.05) is 85.5 Å². The molecule has 2 atom stereocenters. The lowest BCUT2D eigenvalue weighted by Crippen LogP contribution is -2.49. The van der Waals surface area contributed by atoms with Crippen LogP contribution in [0.1, 0.15) is 67.9 Å². The van der Waals surface area contributed by atoms with E-state index in [-0.39, 0.29) is 23.1 Å². The predicted molar refractivity (Wildman–Crippen MR) is 217 cm³/mol. The molecule has 6 heterocycles. The number of anilines is 4. The van der Waals surface area contributed by atoms with E-state index in [4.69, 9.17) is 16.6 Å². The van der Waals surface area contributed by atoms with Crippen LogP contribution in [-0.2, 0) is 9.59 Å². The Labute approximate surface area is 334 Å². The molecule has 5 saturated heterocycles. The minimum Gasteiger partial charge on any atom is -0.374 e. The molecule has 0 radical (unpaired) electrons. The summed E-state index contributed by atoms with van der Waals surface area (Å²) < 4.78 is 0. The van der Waals surface area contributed by atoms with Crippen LogP contribution in [0.25, 0.3) is 0 Å². The number of imide groups is 1. The number of nitrogens with one attached hydrogen (secondary N) is 2. The highest BCUT2D eigenvalue weighted by molar-refractivity contribution is 6.32. The molecular weight excluding hydrogens is 728 g/mol. The fourth-order valence-corrected chi connectivity index (χ4v) is 9.68. The van der Waals surface area contributed by atoms with Crippen molar-refractivity contribution in [3.05, 3.63) is 71.1 Å². The summed E-state index contributed by atoms with van der Waals surface area (Å²) in [4.78, 5) is 58.1. The molecule has 14 heteroatoms. The Morgan fingerprint density at radius 2 is 1.73 bits per heavy atom. The van der Waals surface area contributed by atoms with Crippen LogP contribution in [0.5, 0.6) is 0 Å². The number of hydrogen-bond acceptors (Lipinski definition) is 11. The zero-order chi connectivity index (χ0) is 38.8. The minimum atomic E-state index is -0.396. The number of carbonyl (C=O) groups excluding carboxylic acids is 3. The summed E-state index contributed by atoms with van der Waals surface area (Å²) in [6, 6.07) is 16.1. The minimum absolute atomic E-state index is 0.0361. The Hall–Kier alpha value is -4.93. The van der Waals surface area contributed by atoms with Crippen molar-refractivity contribution in [3.8, 4) is 6.07 Å². The SMILES string of the molecule is C[C@H]1CC2(CCN(c3cnc(C(=O)N4CCC(CN5CCN(c6cccc(N[C@H]7CCC(=O)NC7=O)c6)CC5)CC4)cn3)CC2)CN1c1ccc(C#N)c(Cl)c1. The van der Waals surface area contributed by atoms with E-state index in [0.29, 0.717) is 41.1 Å². The van der Waals surface area contributed by atoms with Gasteiger partial charge in [0.1, 0.15) is 23.6 Å². The van der Waals surface area contributed by atoms with Crippen molar-refractivity contribution >= 4 is 52.2 Å². The van der Waals surface area contributed by atoms with Crippen LogP contribution in [0.4, 0.5) is 22.9 Å². The number of likely N-dealkylation sites (tertiary alicyclic amines) is 1. The number of halogens is 1. The maximum absolute atomic E-state index is 13.5. The lowest BCUT2D eigenvalue weighted by atomic mass is 9.77. The molecule has 8 rings (SSSR count). The number of hydrogen-bond donors (Lipinski definition) is 2. The molecule has 56 heavy (non-hydrogen) atoms. The van der Waals surface area contributed by atoms with Gasteiger partial charge in [-0.3, -0.25) is 24.6 Å². The molecule has 0 bridgehead atoms. The first-order chi connectivity index (χ1) is 27.1. The van der Waals surface area contributed by atoms with E-state index >= 15 is 0 Å². The highest BCUT2D eigenvalue weighted by Gasteiger charge is 2.44. The van der Waals surface area contributed by atoms with Crippen LogP contribution in [0.2, 0.25) is 5.02 Å². The first kappa shape index (κ1) is 38.0. The highest BCUT2D eigenvalue weighted by atomic mass is 35.5. The third kappa shape index (κ3) is 8.27. The van der Waals surface area contributed by atoms with E-state index < -0.39 is 6.04 Å². The largest absolute Gasteiger partial charge is 0.374 e. The van der Waals surface area contributed by atoms with Crippen molar-refractivity contribution in [1.82, 2.24) is 25.1 Å². The van der Waals surface area contributed by atoms with Gasteiger partial charge in [-0.2, -0.15) is 5.26 Å². The number of benzene rings is 2. The van der Waals surface area contributed by atoms with Crippen LogP contribution < -0.4 is 25.3 Å². The maximum Gasteiger partial charge on any atom is 0.274 e. The number of aromatic nitrogens is 2. The van der Waals surface area contributed by atoms with Gasteiger partial charge in [0.25, 0.3) is 5.91 Å². The Balaban J connectivity index is 0.762. The van der Waals surface area contributed by atoms with Crippen LogP contribution in [0, 0.1) is 22.7 Å². The first-order valence-corrected chi connectivity index (χ1v) is 20.5. The second-order valence-corrected chi connectivity index (χ2v) is 16.8. The van der Waals surface area contributed by atoms with Crippen LogP contribution in [-0.4, -0.2) is 115 Å². The number of piperazine rings is 1. The van der Waals surface area contributed by atoms with Crippen LogP contribution >= 0.6 is 11.6 Å². The smallest absolute Gasteiger partial charge is 0.274 e. The lowest BCUT2D eigenvalue weighted by Gasteiger charge is -2.40. The molecule has 5 fully saturated rings. The summed E-state index contributed by atoms with van der Waals surface area (Å²) in [5.74, 6) is 0.875. The summed E-state index contributed by atoms with van der Waals surface area (Å²) in [5.41, 5.74) is 4.24. The van der Waals surface area contributed by atoms with Gasteiger partial charge in [-0.15, -0.1) is 0 Å². The summed E-state index contributed by atoms with van der Waals surface area (Å²) in [6.07, 6.45) is 9.48. The first-order valence-electron chi connectivity index (χ1n) is 20.2. The molecule has 294 valence electrons. The quantitative estimate of drug-likeness (QED) is 0.306. The van der Waals surface area contributed by atoms with Crippen LogP contribution in [0.15, 0.2) is 54.9 Å². The van der Waals surface area contributed by atoms with Crippen LogP contribution in [0.3, 0.4) is 0 Å². The van der Waals surface area contributed by atoms with Gasteiger partial charge in [-0.1, -0.05) is 17.7 Å². The van der Waals surface area contributed by atoms with E-state index in [1.54, 1.807) is 12.4 Å². The summed E-state index contributed by atoms with van der Waals surface area (Å²) in [5, 5.41) is 15.5. The van der Waals surface area contributed by atoms with Crippen molar-refractivity contribution in [1.29, 1.82) is 5.26 Å². The van der Waals surface area contributed by atoms with E-state index in [1.165, 1.54) is 0 Å². The zero-order valence-corrected chi connectivity index (χ0v) is 32.9. The van der Waals surface area contributed by atoms with Crippen molar-refractivity contribution < 1.29 is 14.4 Å². The third-order valence-electron chi connectivity index (χ3n) is 12.8. The van der Waals surface area contributed by atoms with E-state index in [0.717, 1.165) is 120 Å². The molecule has 3 amide bonds. The van der Waals surface area contributed by atoms with Gasteiger partial charge < -0.3 is 24.9 Å². The standard InChI is InChI=1S/C42H51ClN10O3/c1-29-23-42(28-53(29)34-6-5-31(24-44)35(43)22-34)11-15-51(16-12-42)38-26-45-37(25-46-38)41(56)52-13-9-30(10-14-52)27-49-17-19-50(20-18-49)33-4-2-3-32(21-33)47-36-7-8-39(54)48-40(36)55/h2-6,21-22,25-26,29-30,36,47H,7-20,23,27-28H2,1H3,(H,48,54,55)/t29-,36-/m0/s1. The van der Waals surface area contributed by atoms with Gasteiger partial charge in [0.05, 0.1) is 23.0 Å². The molecule has 13 nitrogen and oxygen atoms in total. The molecule has 1 spiro atoms. The molecule has 2 N–H and O–H groups in total. The van der Waals surface area contributed by atoms with E-state index in [1.807, 2.05) is 35.2 Å².